The van der Waals surface area contributed by atoms with Crippen LogP contribution in [0.3, 0.4) is 0 Å². The highest BCUT2D eigenvalue weighted by Gasteiger charge is 2.25. The molecule has 0 saturated carbocycles. The van der Waals surface area contributed by atoms with Gasteiger partial charge in [0.15, 0.2) is 11.6 Å². The molecule has 0 saturated heterocycles. The van der Waals surface area contributed by atoms with Crippen LogP contribution in [0.4, 0.5) is 8.78 Å². The van der Waals surface area contributed by atoms with Crippen LogP contribution in [0.1, 0.15) is 17.3 Å². The Kier molecular flexibility index (Phi) is 4.78. The lowest BCUT2D eigenvalue weighted by Gasteiger charge is -2.19. The van der Waals surface area contributed by atoms with E-state index >= 15 is 0 Å². The van der Waals surface area contributed by atoms with Crippen molar-refractivity contribution in [3.8, 4) is 0 Å². The maximum Gasteiger partial charge on any atom is 0.165 e. The second-order valence-electron chi connectivity index (χ2n) is 3.88. The van der Waals surface area contributed by atoms with E-state index in [1.807, 2.05) is 0 Å². The Morgan fingerprint density at radius 2 is 1.85 bits per heavy atom. The smallest absolute Gasteiger partial charge is 0.165 e. The first kappa shape index (κ1) is 15.4. The minimum absolute atomic E-state index is 0.000309. The van der Waals surface area contributed by atoms with Gasteiger partial charge in [0.05, 0.1) is 21.8 Å². The van der Waals surface area contributed by atoms with Gasteiger partial charge < -0.3 is 0 Å². The van der Waals surface area contributed by atoms with Crippen LogP contribution in [-0.2, 0) is 0 Å². The van der Waals surface area contributed by atoms with Gasteiger partial charge in [-0.3, -0.25) is 10.8 Å². The molecule has 0 aliphatic heterocycles. The molecule has 1 aromatic heterocycles. The van der Waals surface area contributed by atoms with Crippen LogP contribution in [-0.4, -0.2) is 4.98 Å². The molecule has 0 amide bonds. The van der Waals surface area contributed by atoms with Crippen molar-refractivity contribution in [3.63, 3.8) is 0 Å². The van der Waals surface area contributed by atoms with Gasteiger partial charge >= 0.3 is 0 Å². The summed E-state index contributed by atoms with van der Waals surface area (Å²) in [5, 5.41) is 0.458. The fourth-order valence-electron chi connectivity index (χ4n) is 1.74. The molecule has 0 fully saturated rings. The molecule has 106 valence electrons. The molecule has 1 aromatic carbocycles. The van der Waals surface area contributed by atoms with E-state index in [0.29, 0.717) is 5.02 Å². The Hall–Kier alpha value is -0.980. The molecule has 20 heavy (non-hydrogen) atoms. The molecule has 2 rings (SSSR count). The number of nitrogens with one attached hydrogen (secondary N) is 1. The van der Waals surface area contributed by atoms with Crippen molar-refractivity contribution in [1.29, 1.82) is 0 Å². The Balaban J connectivity index is 2.61. The molecule has 8 heteroatoms. The molecule has 0 spiro atoms. The minimum Gasteiger partial charge on any atom is -0.271 e. The summed E-state index contributed by atoms with van der Waals surface area (Å²) in [6.45, 7) is 0. The largest absolute Gasteiger partial charge is 0.271 e. The maximum absolute atomic E-state index is 13.9. The van der Waals surface area contributed by atoms with E-state index in [0.717, 1.165) is 6.07 Å². The third kappa shape index (κ3) is 2.87. The number of hydrogen-bond donors (Lipinski definition) is 2. The quantitative estimate of drug-likeness (QED) is 0.507. The number of pyridine rings is 1. The zero-order valence-corrected chi connectivity index (χ0v) is 12.1. The molecule has 0 aliphatic carbocycles. The molecule has 1 unspecified atom stereocenters. The van der Waals surface area contributed by atoms with Gasteiger partial charge in [-0.2, -0.15) is 0 Å². The van der Waals surface area contributed by atoms with E-state index in [4.69, 9.17) is 40.6 Å². The summed E-state index contributed by atoms with van der Waals surface area (Å²) in [5.74, 6) is 3.24. The third-order valence-corrected chi connectivity index (χ3v) is 3.48. The summed E-state index contributed by atoms with van der Waals surface area (Å²) in [6.07, 6.45) is 1.32. The molecular weight excluding hydrogens is 331 g/mol. The van der Waals surface area contributed by atoms with Crippen LogP contribution in [0.15, 0.2) is 24.4 Å². The number of hydrazine groups is 1. The molecule has 2 aromatic rings. The van der Waals surface area contributed by atoms with E-state index in [1.165, 1.54) is 18.3 Å². The summed E-state index contributed by atoms with van der Waals surface area (Å²) in [4.78, 5) is 3.98. The highest BCUT2D eigenvalue weighted by Crippen LogP contribution is 2.34. The van der Waals surface area contributed by atoms with Gasteiger partial charge in [0.1, 0.15) is 0 Å². The van der Waals surface area contributed by atoms with E-state index in [1.54, 1.807) is 0 Å². The summed E-state index contributed by atoms with van der Waals surface area (Å²) < 4.78 is 27.3. The maximum atomic E-state index is 13.9. The highest BCUT2D eigenvalue weighted by atomic mass is 35.5. The molecule has 3 nitrogen and oxygen atoms in total. The zero-order chi connectivity index (χ0) is 14.9. The van der Waals surface area contributed by atoms with Crippen LogP contribution >= 0.6 is 34.8 Å². The molecule has 0 radical (unpaired) electrons. The molecule has 0 bridgehead atoms. The van der Waals surface area contributed by atoms with Crippen LogP contribution in [0.5, 0.6) is 0 Å². The minimum atomic E-state index is -1.12. The average molecular weight is 339 g/mol. The number of halogens is 5. The monoisotopic (exact) mass is 337 g/mol. The van der Waals surface area contributed by atoms with E-state index in [-0.39, 0.29) is 21.3 Å². The summed E-state index contributed by atoms with van der Waals surface area (Å²) in [5.41, 5.74) is 2.33. The van der Waals surface area contributed by atoms with Gasteiger partial charge in [-0.1, -0.05) is 34.8 Å². The van der Waals surface area contributed by atoms with Crippen LogP contribution in [0.2, 0.25) is 15.1 Å². The van der Waals surface area contributed by atoms with Crippen molar-refractivity contribution in [3.05, 3.63) is 62.4 Å². The van der Waals surface area contributed by atoms with Crippen molar-refractivity contribution in [2.75, 3.05) is 0 Å². The van der Waals surface area contributed by atoms with Gasteiger partial charge in [0.25, 0.3) is 0 Å². The van der Waals surface area contributed by atoms with Gasteiger partial charge in [-0.15, -0.1) is 0 Å². The molecular formula is C12H8Cl3F2N3. The van der Waals surface area contributed by atoms with Gasteiger partial charge in [0.2, 0.25) is 0 Å². The van der Waals surface area contributed by atoms with Crippen molar-refractivity contribution < 1.29 is 8.78 Å². The Morgan fingerprint density at radius 1 is 1.15 bits per heavy atom. The normalized spacial score (nSPS) is 12.5. The third-order valence-electron chi connectivity index (χ3n) is 2.64. The fraction of sp³-hybridized carbons (Fsp3) is 0.0833. The molecule has 1 heterocycles. The SMILES string of the molecule is NNC(c1ncc(Cl)cc1Cl)c1c(Cl)ccc(F)c1F. The standard InChI is InChI=1S/C12H8Cl3F2N3/c13-5-3-7(15)11(19-4-5)12(20-18)9-6(14)1-2-8(16)10(9)17/h1-4,12,20H,18H2. The van der Waals surface area contributed by atoms with Crippen LogP contribution in [0.25, 0.3) is 0 Å². The second-order valence-corrected chi connectivity index (χ2v) is 5.13. The van der Waals surface area contributed by atoms with Crippen LogP contribution in [0, 0.1) is 11.6 Å². The number of benzene rings is 1. The number of rotatable bonds is 3. The zero-order valence-electron chi connectivity index (χ0n) is 9.80. The van der Waals surface area contributed by atoms with E-state index < -0.39 is 17.7 Å². The van der Waals surface area contributed by atoms with Crippen molar-refractivity contribution in [2.45, 2.75) is 6.04 Å². The van der Waals surface area contributed by atoms with Crippen molar-refractivity contribution in [2.24, 2.45) is 5.84 Å². The topological polar surface area (TPSA) is 50.9 Å². The Morgan fingerprint density at radius 3 is 2.45 bits per heavy atom. The predicted molar refractivity (Wildman–Crippen MR) is 74.8 cm³/mol. The number of aromatic nitrogens is 1. The summed E-state index contributed by atoms with van der Waals surface area (Å²) in [6, 6.07) is 2.55. The lowest BCUT2D eigenvalue weighted by molar-refractivity contribution is 0.481. The number of nitrogens with zero attached hydrogens (tertiary/aromatic N) is 1. The van der Waals surface area contributed by atoms with Crippen LogP contribution < -0.4 is 11.3 Å². The first-order valence-corrected chi connectivity index (χ1v) is 6.49. The Labute approximate surface area is 128 Å². The van der Waals surface area contributed by atoms with Gasteiger partial charge in [-0.25, -0.2) is 14.2 Å². The number of hydrogen-bond acceptors (Lipinski definition) is 3. The summed E-state index contributed by atoms with van der Waals surface area (Å²) in [7, 11) is 0. The van der Waals surface area contributed by atoms with Crippen molar-refractivity contribution >= 4 is 34.8 Å². The number of nitrogens with two attached hydrogens (primary N) is 1. The average Bonchev–Trinajstić information content (AvgIpc) is 2.40. The van der Waals surface area contributed by atoms with E-state index in [2.05, 4.69) is 10.4 Å². The lowest BCUT2D eigenvalue weighted by atomic mass is 10.0. The van der Waals surface area contributed by atoms with Gasteiger partial charge in [0, 0.05) is 16.8 Å². The van der Waals surface area contributed by atoms with E-state index in [9.17, 15) is 8.78 Å². The molecule has 3 N–H and O–H groups in total. The predicted octanol–water partition coefficient (Wildman–Crippen LogP) is 3.87. The summed E-state index contributed by atoms with van der Waals surface area (Å²) >= 11 is 17.6. The fourth-order valence-corrected chi connectivity index (χ4v) is 2.49. The molecule has 0 aliphatic rings. The second kappa shape index (κ2) is 6.20. The first-order valence-electron chi connectivity index (χ1n) is 5.36. The molecule has 1 atom stereocenters. The highest BCUT2D eigenvalue weighted by molar-refractivity contribution is 6.35. The Bertz CT molecular complexity index is 652. The van der Waals surface area contributed by atoms with Gasteiger partial charge in [-0.05, 0) is 18.2 Å². The lowest BCUT2D eigenvalue weighted by Crippen LogP contribution is -2.31. The first-order chi connectivity index (χ1) is 9.45. The van der Waals surface area contributed by atoms with Crippen molar-refractivity contribution in [1.82, 2.24) is 10.4 Å².